The lowest BCUT2D eigenvalue weighted by molar-refractivity contribution is 0.227. The zero-order valence-corrected chi connectivity index (χ0v) is 77.6. The van der Waals surface area contributed by atoms with Gasteiger partial charge in [-0.05, 0) is 157 Å². The normalized spacial score (nSPS) is 11.2. The summed E-state index contributed by atoms with van der Waals surface area (Å²) in [5, 5.41) is 0. The molecule has 0 aliphatic rings. The topological polar surface area (TPSA) is 137 Å². The summed E-state index contributed by atoms with van der Waals surface area (Å²) >= 11 is 0. The molecule has 9 aromatic carbocycles. The van der Waals surface area contributed by atoms with Crippen LogP contribution in [-0.2, 0) is 52.9 Å². The fourth-order valence-corrected chi connectivity index (χ4v) is 15.4. The standard InChI is InChI=1S/C112H155NO12/c1-7-11-15-19-23-27-31-35-39-43-71-114-101-63-55-94(56-64-101)84-122-109-77-98(75-107(120-82-92-51-47-90(5)48-52-92)111(109)124-86-96-59-67-103(68-60-96)116-73-45-41-37-33-29-25-21-17-13-9-3)88-118-105-79-100(113)80-106(81-105)119-89-99-76-108(121-83-93-53-49-91(6)50-54-93)112(125-87-97-61-69-104(70-62-97)117-74-46-42-38-34-30-26-22-18-14-10-4)110(78-99)123-85-95-57-65-102(66-58-95)115-72-44-40-36-32-28-24-20-16-12-8-2/h47-70,75-81H,7-46,71-74,82-89,113H2,1-6H3. The quantitative estimate of drug-likeness (QED) is 0.0286. The zero-order valence-electron chi connectivity index (χ0n) is 77.6. The molecule has 125 heavy (non-hydrogen) atoms. The van der Waals surface area contributed by atoms with E-state index in [1.807, 2.05) is 91.0 Å². The highest BCUT2D eigenvalue weighted by Gasteiger charge is 2.22. The Bertz CT molecular complexity index is 3990. The highest BCUT2D eigenvalue weighted by Crippen LogP contribution is 2.44. The van der Waals surface area contributed by atoms with Crippen molar-refractivity contribution in [2.75, 3.05) is 32.2 Å². The molecule has 680 valence electrons. The lowest BCUT2D eigenvalue weighted by Crippen LogP contribution is -2.07. The molecule has 0 aromatic heterocycles. The van der Waals surface area contributed by atoms with E-state index in [1.54, 1.807) is 0 Å². The predicted molar refractivity (Wildman–Crippen MR) is 516 cm³/mol. The van der Waals surface area contributed by atoms with Crippen LogP contribution in [0.1, 0.15) is 340 Å². The van der Waals surface area contributed by atoms with Gasteiger partial charge >= 0.3 is 0 Å². The summed E-state index contributed by atoms with van der Waals surface area (Å²) in [6.07, 6.45) is 51.3. The predicted octanol–water partition coefficient (Wildman–Crippen LogP) is 31.7. The van der Waals surface area contributed by atoms with Crippen molar-refractivity contribution in [1.82, 2.24) is 0 Å². The second-order valence-corrected chi connectivity index (χ2v) is 34.6. The maximum atomic E-state index is 6.88. The van der Waals surface area contributed by atoms with E-state index < -0.39 is 0 Å². The average molecular weight is 1710 g/mol. The molecule has 0 saturated carbocycles. The first-order valence-corrected chi connectivity index (χ1v) is 48.8. The van der Waals surface area contributed by atoms with Crippen LogP contribution < -0.4 is 62.6 Å². The van der Waals surface area contributed by atoms with Gasteiger partial charge in [0.05, 0.1) is 26.4 Å². The molecule has 0 unspecified atom stereocenters. The van der Waals surface area contributed by atoms with Crippen molar-refractivity contribution in [1.29, 1.82) is 0 Å². The molecule has 0 amide bonds. The maximum absolute atomic E-state index is 6.88. The first-order chi connectivity index (χ1) is 61.6. The Balaban J connectivity index is 0.915. The first kappa shape index (κ1) is 99.2. The van der Waals surface area contributed by atoms with Gasteiger partial charge in [0.25, 0.3) is 0 Å². The number of rotatable bonds is 72. The molecule has 0 spiro atoms. The van der Waals surface area contributed by atoms with Crippen molar-refractivity contribution in [3.05, 3.63) is 244 Å². The van der Waals surface area contributed by atoms with Gasteiger partial charge in [-0.3, -0.25) is 0 Å². The van der Waals surface area contributed by atoms with Gasteiger partial charge in [-0.2, -0.15) is 0 Å². The molecule has 9 rings (SSSR count). The number of hydrogen-bond acceptors (Lipinski definition) is 13. The molecule has 0 aliphatic heterocycles. The van der Waals surface area contributed by atoms with Crippen LogP contribution in [0, 0.1) is 13.8 Å². The van der Waals surface area contributed by atoms with E-state index in [1.165, 1.54) is 242 Å². The molecule has 2 N–H and O–H groups in total. The van der Waals surface area contributed by atoms with E-state index in [4.69, 9.17) is 62.6 Å². The maximum Gasteiger partial charge on any atom is 0.203 e. The Labute approximate surface area is 754 Å². The van der Waals surface area contributed by atoms with E-state index in [0.29, 0.717) is 91.3 Å². The fraction of sp³-hybridized carbons (Fsp3) is 0.518. The van der Waals surface area contributed by atoms with Gasteiger partial charge in [-0.15, -0.1) is 0 Å². The minimum Gasteiger partial charge on any atom is -0.494 e. The summed E-state index contributed by atoms with van der Waals surface area (Å²) < 4.78 is 79.6. The van der Waals surface area contributed by atoms with E-state index in [-0.39, 0.29) is 39.6 Å². The Morgan fingerprint density at radius 3 is 0.592 bits per heavy atom. The van der Waals surface area contributed by atoms with Gasteiger partial charge in [0, 0.05) is 23.9 Å². The number of nitrogens with two attached hydrogens (primary N) is 1. The number of ether oxygens (including phenoxy) is 12. The summed E-state index contributed by atoms with van der Waals surface area (Å²) in [7, 11) is 0. The third kappa shape index (κ3) is 41.6. The van der Waals surface area contributed by atoms with Gasteiger partial charge in [0.1, 0.15) is 87.4 Å². The van der Waals surface area contributed by atoms with Crippen molar-refractivity contribution in [3.63, 3.8) is 0 Å². The van der Waals surface area contributed by atoms with E-state index in [2.05, 4.69) is 139 Å². The fourth-order valence-electron chi connectivity index (χ4n) is 15.4. The molecular weight excluding hydrogens is 1550 g/mol. The van der Waals surface area contributed by atoms with Crippen molar-refractivity contribution >= 4 is 5.69 Å². The summed E-state index contributed by atoms with van der Waals surface area (Å²) in [6.45, 7) is 17.9. The van der Waals surface area contributed by atoms with Crippen LogP contribution in [0.15, 0.2) is 188 Å². The zero-order chi connectivity index (χ0) is 87.5. The van der Waals surface area contributed by atoms with Crippen LogP contribution in [0.4, 0.5) is 5.69 Å². The highest BCUT2D eigenvalue weighted by atomic mass is 16.6. The Morgan fingerprint density at radius 1 is 0.176 bits per heavy atom. The molecular formula is C112H155NO12. The second-order valence-electron chi connectivity index (χ2n) is 34.6. The van der Waals surface area contributed by atoms with Crippen molar-refractivity contribution in [3.8, 4) is 69.0 Å². The van der Waals surface area contributed by atoms with E-state index >= 15 is 0 Å². The molecule has 9 aromatic rings. The third-order valence-corrected chi connectivity index (χ3v) is 23.2. The van der Waals surface area contributed by atoms with Crippen LogP contribution in [0.2, 0.25) is 0 Å². The van der Waals surface area contributed by atoms with Gasteiger partial charge in [-0.1, -0.05) is 367 Å². The highest BCUT2D eigenvalue weighted by molar-refractivity contribution is 5.57. The summed E-state index contributed by atoms with van der Waals surface area (Å²) in [5.74, 6) is 7.41. The lowest BCUT2D eigenvalue weighted by atomic mass is 10.1. The van der Waals surface area contributed by atoms with Crippen molar-refractivity contribution < 1.29 is 56.8 Å². The van der Waals surface area contributed by atoms with Crippen LogP contribution in [0.25, 0.3) is 0 Å². The molecule has 0 atom stereocenters. The number of aryl methyl sites for hydroxylation is 2. The summed E-state index contributed by atoms with van der Waals surface area (Å²) in [5.41, 5.74) is 17.1. The smallest absolute Gasteiger partial charge is 0.203 e. The molecule has 0 heterocycles. The SMILES string of the molecule is CCCCCCCCCCCCOc1ccc(COc2cc(COc3cc(N)cc(OCc4cc(OCc5ccc(C)cc5)c(OCc5ccc(OCCCCCCCCCCCC)cc5)c(OCc5ccc(OCCCCCCCCCCCC)cc5)c4)c3)cc(OCc3ccc(C)cc3)c2OCc2ccc(OCCCCCCCCCCCC)cc2)cc1. The van der Waals surface area contributed by atoms with Crippen LogP contribution in [0.5, 0.6) is 69.0 Å². The largest absolute Gasteiger partial charge is 0.494 e. The number of anilines is 1. The Hall–Kier alpha value is -9.62. The number of benzene rings is 9. The van der Waals surface area contributed by atoms with E-state index in [0.717, 1.165) is 93.2 Å². The lowest BCUT2D eigenvalue weighted by Gasteiger charge is -2.20. The van der Waals surface area contributed by atoms with Gasteiger partial charge in [0.2, 0.25) is 11.5 Å². The van der Waals surface area contributed by atoms with Crippen LogP contribution >= 0.6 is 0 Å². The molecule has 0 fully saturated rings. The third-order valence-electron chi connectivity index (χ3n) is 23.2. The molecule has 13 nitrogen and oxygen atoms in total. The Morgan fingerprint density at radius 2 is 0.368 bits per heavy atom. The minimum atomic E-state index is 0.127. The van der Waals surface area contributed by atoms with Gasteiger partial charge in [-0.25, -0.2) is 0 Å². The van der Waals surface area contributed by atoms with Crippen molar-refractivity contribution in [2.24, 2.45) is 0 Å². The average Bonchev–Trinajstić information content (AvgIpc) is 0.815. The minimum absolute atomic E-state index is 0.127. The monoisotopic (exact) mass is 1710 g/mol. The number of nitrogen functional groups attached to an aromatic ring is 1. The van der Waals surface area contributed by atoms with Crippen molar-refractivity contribution in [2.45, 2.75) is 351 Å². The molecule has 13 heteroatoms. The summed E-state index contributed by atoms with van der Waals surface area (Å²) in [6, 6.07) is 63.0. The molecule has 0 saturated heterocycles. The van der Waals surface area contributed by atoms with Gasteiger partial charge in [0.15, 0.2) is 23.0 Å². The van der Waals surface area contributed by atoms with Crippen LogP contribution in [0.3, 0.4) is 0 Å². The Kier molecular flexibility index (Phi) is 48.9. The number of hydrogen-bond donors (Lipinski definition) is 1. The molecule has 0 aliphatic carbocycles. The van der Waals surface area contributed by atoms with Crippen LogP contribution in [-0.4, -0.2) is 26.4 Å². The first-order valence-electron chi connectivity index (χ1n) is 48.8. The van der Waals surface area contributed by atoms with Gasteiger partial charge < -0.3 is 62.6 Å². The van der Waals surface area contributed by atoms with E-state index in [9.17, 15) is 0 Å². The number of unbranched alkanes of at least 4 members (excludes halogenated alkanes) is 36. The molecule has 0 bridgehead atoms. The molecule has 0 radical (unpaired) electrons. The summed E-state index contributed by atoms with van der Waals surface area (Å²) in [4.78, 5) is 0. The second kappa shape index (κ2) is 61.7.